The number of nitrogens with zero attached hydrogens (tertiary/aromatic N) is 1. The Kier molecular flexibility index (Phi) is 4.82. The number of hydrogen-bond donors (Lipinski definition) is 1. The number of carboxylic acid groups (broad SMARTS) is 1. The molecule has 5 nitrogen and oxygen atoms in total. The Hall–Kier alpha value is -1.70. The van der Waals surface area contributed by atoms with Crippen LogP contribution in [0.5, 0.6) is 0 Å². The molecule has 0 aromatic heterocycles. The molecular formula is C11H13F2NO4S. The predicted octanol–water partition coefficient (Wildman–Crippen LogP) is 1.59. The van der Waals surface area contributed by atoms with Crippen LogP contribution >= 0.6 is 0 Å². The molecule has 0 amide bonds. The van der Waals surface area contributed by atoms with E-state index in [9.17, 15) is 22.0 Å². The number of carbonyl (C=O) groups is 1. The minimum absolute atomic E-state index is 0.0758. The molecule has 0 spiro atoms. The first kappa shape index (κ1) is 15.4. The third kappa shape index (κ3) is 3.88. The highest BCUT2D eigenvalue weighted by atomic mass is 32.2. The van der Waals surface area contributed by atoms with Gasteiger partial charge in [0.05, 0.1) is 11.3 Å². The summed E-state index contributed by atoms with van der Waals surface area (Å²) in [6.07, 6.45) is -0.0758. The van der Waals surface area contributed by atoms with E-state index in [1.54, 1.807) is 11.9 Å². The van der Waals surface area contributed by atoms with Crippen LogP contribution in [0.15, 0.2) is 29.2 Å². The average molecular weight is 293 g/mol. The van der Waals surface area contributed by atoms with Crippen molar-refractivity contribution in [2.75, 3.05) is 18.5 Å². The second kappa shape index (κ2) is 5.96. The van der Waals surface area contributed by atoms with E-state index in [0.717, 1.165) is 12.1 Å². The molecule has 0 atom stereocenters. The van der Waals surface area contributed by atoms with Gasteiger partial charge in [-0.2, -0.15) is 8.78 Å². The van der Waals surface area contributed by atoms with Gasteiger partial charge in [-0.05, 0) is 24.3 Å². The zero-order chi connectivity index (χ0) is 14.6. The van der Waals surface area contributed by atoms with Gasteiger partial charge in [-0.25, -0.2) is 8.42 Å². The summed E-state index contributed by atoms with van der Waals surface area (Å²) >= 11 is 0. The van der Waals surface area contributed by atoms with Crippen LogP contribution in [0.25, 0.3) is 0 Å². The number of benzene rings is 1. The van der Waals surface area contributed by atoms with Crippen molar-refractivity contribution in [3.8, 4) is 0 Å². The molecule has 0 bridgehead atoms. The van der Waals surface area contributed by atoms with Crippen molar-refractivity contribution in [2.24, 2.45) is 0 Å². The quantitative estimate of drug-likeness (QED) is 0.862. The largest absolute Gasteiger partial charge is 0.481 e. The maximum atomic E-state index is 12.3. The number of anilines is 1. The Morgan fingerprint density at radius 3 is 2.26 bits per heavy atom. The lowest BCUT2D eigenvalue weighted by atomic mass is 10.3. The van der Waals surface area contributed by atoms with Gasteiger partial charge in [0.25, 0.3) is 0 Å². The van der Waals surface area contributed by atoms with Crippen LogP contribution in [0.4, 0.5) is 14.5 Å². The molecule has 0 unspecified atom stereocenters. The molecule has 0 fully saturated rings. The zero-order valence-electron chi connectivity index (χ0n) is 10.1. The third-order valence-electron chi connectivity index (χ3n) is 2.50. The maximum Gasteiger partial charge on any atom is 0.341 e. The normalized spacial score (nSPS) is 11.6. The molecule has 0 saturated heterocycles. The fraction of sp³-hybridized carbons (Fsp3) is 0.364. The molecular weight excluding hydrogens is 280 g/mol. The lowest BCUT2D eigenvalue weighted by Crippen LogP contribution is -2.21. The van der Waals surface area contributed by atoms with Gasteiger partial charge in [0.2, 0.25) is 9.84 Å². The molecule has 0 aliphatic carbocycles. The van der Waals surface area contributed by atoms with Crippen molar-refractivity contribution in [1.82, 2.24) is 0 Å². The first-order chi connectivity index (χ1) is 8.75. The molecule has 8 heteroatoms. The van der Waals surface area contributed by atoms with E-state index in [4.69, 9.17) is 5.11 Å². The SMILES string of the molecule is CN(CCC(=O)O)c1ccc(S(=O)(=O)C(F)F)cc1. The lowest BCUT2D eigenvalue weighted by Gasteiger charge is -2.18. The van der Waals surface area contributed by atoms with Gasteiger partial charge in [0.15, 0.2) is 0 Å². The van der Waals surface area contributed by atoms with Gasteiger partial charge in [-0.3, -0.25) is 4.79 Å². The fourth-order valence-electron chi connectivity index (χ4n) is 1.39. The summed E-state index contributed by atoms with van der Waals surface area (Å²) < 4.78 is 47.0. The fourth-order valence-corrected chi connectivity index (χ4v) is 2.11. The molecule has 106 valence electrons. The zero-order valence-corrected chi connectivity index (χ0v) is 10.9. The molecule has 19 heavy (non-hydrogen) atoms. The molecule has 1 aromatic rings. The average Bonchev–Trinajstić information content (AvgIpc) is 2.35. The van der Waals surface area contributed by atoms with Gasteiger partial charge >= 0.3 is 11.7 Å². The van der Waals surface area contributed by atoms with Crippen molar-refractivity contribution >= 4 is 21.5 Å². The number of halogens is 2. The highest BCUT2D eigenvalue weighted by molar-refractivity contribution is 7.91. The van der Waals surface area contributed by atoms with Crippen LogP contribution < -0.4 is 4.90 Å². The highest BCUT2D eigenvalue weighted by Crippen LogP contribution is 2.21. The number of rotatable bonds is 6. The molecule has 0 aliphatic rings. The minimum atomic E-state index is -4.59. The predicted molar refractivity (Wildman–Crippen MR) is 65.2 cm³/mol. The van der Waals surface area contributed by atoms with Gasteiger partial charge in [-0.15, -0.1) is 0 Å². The molecule has 0 aliphatic heterocycles. The first-order valence-corrected chi connectivity index (χ1v) is 6.85. The number of aliphatic carboxylic acids is 1. The van der Waals surface area contributed by atoms with Crippen LogP contribution in [0, 0.1) is 0 Å². The number of carboxylic acids is 1. The Morgan fingerprint density at radius 1 is 1.32 bits per heavy atom. The van der Waals surface area contributed by atoms with Crippen molar-refractivity contribution < 1.29 is 27.1 Å². The van der Waals surface area contributed by atoms with E-state index in [1.165, 1.54) is 12.1 Å². The summed E-state index contributed by atoms with van der Waals surface area (Å²) in [5, 5.41) is 8.53. The van der Waals surface area contributed by atoms with E-state index in [0.29, 0.717) is 5.69 Å². The first-order valence-electron chi connectivity index (χ1n) is 5.30. The maximum absolute atomic E-state index is 12.3. The Balaban J connectivity index is 2.85. The standard InChI is InChI=1S/C11H13F2NO4S/c1-14(7-6-10(15)16)8-2-4-9(5-3-8)19(17,18)11(12)13/h2-5,11H,6-7H2,1H3,(H,15,16). The molecule has 0 heterocycles. The summed E-state index contributed by atoms with van der Waals surface area (Å²) in [6, 6.07) is 4.87. The van der Waals surface area contributed by atoms with Crippen LogP contribution in [-0.4, -0.2) is 38.8 Å². The molecule has 1 rings (SSSR count). The van der Waals surface area contributed by atoms with Crippen molar-refractivity contribution in [2.45, 2.75) is 17.1 Å². The van der Waals surface area contributed by atoms with E-state index in [-0.39, 0.29) is 13.0 Å². The Bertz CT molecular complexity index is 542. The summed E-state index contributed by atoms with van der Waals surface area (Å²) in [6.45, 7) is 0.232. The van der Waals surface area contributed by atoms with E-state index in [2.05, 4.69) is 0 Å². The van der Waals surface area contributed by atoms with Crippen molar-refractivity contribution in [1.29, 1.82) is 0 Å². The van der Waals surface area contributed by atoms with Gasteiger partial charge in [0.1, 0.15) is 0 Å². The van der Waals surface area contributed by atoms with Gasteiger partial charge in [-0.1, -0.05) is 0 Å². The summed E-state index contributed by atoms with van der Waals surface area (Å²) in [5.74, 6) is -4.41. The lowest BCUT2D eigenvalue weighted by molar-refractivity contribution is -0.136. The Labute approximate surface area is 109 Å². The number of alkyl halides is 2. The summed E-state index contributed by atoms with van der Waals surface area (Å²) in [4.78, 5) is 11.5. The van der Waals surface area contributed by atoms with Crippen LogP contribution in [0.2, 0.25) is 0 Å². The molecule has 0 radical (unpaired) electrons. The van der Waals surface area contributed by atoms with Crippen molar-refractivity contribution in [3.63, 3.8) is 0 Å². The molecule has 1 aromatic carbocycles. The smallest absolute Gasteiger partial charge is 0.341 e. The monoisotopic (exact) mass is 293 g/mol. The van der Waals surface area contributed by atoms with Crippen LogP contribution in [0.3, 0.4) is 0 Å². The van der Waals surface area contributed by atoms with Crippen LogP contribution in [-0.2, 0) is 14.6 Å². The second-order valence-electron chi connectivity index (χ2n) is 3.86. The molecule has 0 saturated carbocycles. The van der Waals surface area contributed by atoms with Crippen molar-refractivity contribution in [3.05, 3.63) is 24.3 Å². The van der Waals surface area contributed by atoms with E-state index in [1.807, 2.05) is 0 Å². The highest BCUT2D eigenvalue weighted by Gasteiger charge is 2.26. The second-order valence-corrected chi connectivity index (χ2v) is 5.78. The number of sulfone groups is 1. The summed E-state index contributed by atoms with van der Waals surface area (Å²) in [7, 11) is -2.97. The summed E-state index contributed by atoms with van der Waals surface area (Å²) in [5.41, 5.74) is 0.550. The van der Waals surface area contributed by atoms with E-state index < -0.39 is 26.5 Å². The third-order valence-corrected chi connectivity index (χ3v) is 3.90. The van der Waals surface area contributed by atoms with Crippen LogP contribution in [0.1, 0.15) is 6.42 Å². The minimum Gasteiger partial charge on any atom is -0.481 e. The van der Waals surface area contributed by atoms with E-state index >= 15 is 0 Å². The number of hydrogen-bond acceptors (Lipinski definition) is 4. The molecule has 1 N–H and O–H groups in total. The van der Waals surface area contributed by atoms with Gasteiger partial charge < -0.3 is 10.0 Å². The Morgan fingerprint density at radius 2 is 1.84 bits per heavy atom. The van der Waals surface area contributed by atoms with Gasteiger partial charge in [0, 0.05) is 19.3 Å². The topological polar surface area (TPSA) is 74.7 Å².